The fraction of sp³-hybridized carbons (Fsp3) is 0.333. The number of carbonyl (C=O) groups excluding carboxylic acids is 1. The fourth-order valence-corrected chi connectivity index (χ4v) is 6.35. The maximum absolute atomic E-state index is 12.7. The van der Waals surface area contributed by atoms with Crippen molar-refractivity contribution in [1.82, 2.24) is 20.1 Å². The molecule has 1 aliphatic rings. The largest absolute Gasteiger partial charge is 0.379 e. The molecule has 1 aromatic heterocycles. The summed E-state index contributed by atoms with van der Waals surface area (Å²) in [4.78, 5) is 20.9. The Morgan fingerprint density at radius 3 is 2.56 bits per heavy atom. The van der Waals surface area contributed by atoms with Crippen molar-refractivity contribution in [3.8, 4) is 5.75 Å². The average Bonchev–Trinajstić information content (AvgIpc) is 3.16. The lowest BCUT2D eigenvalue weighted by molar-refractivity contribution is 0.155. The molecule has 0 spiro atoms. The number of aromatic nitrogens is 1. The fourth-order valence-electron chi connectivity index (χ4n) is 3.44. The lowest BCUT2D eigenvalue weighted by atomic mass is 10.3. The van der Waals surface area contributed by atoms with Gasteiger partial charge < -0.3 is 14.4 Å². The molecule has 0 atom stereocenters. The zero-order valence-corrected chi connectivity index (χ0v) is 21.4. The highest BCUT2D eigenvalue weighted by atomic mass is 35.5. The van der Waals surface area contributed by atoms with Crippen LogP contribution in [-0.4, -0.2) is 75.5 Å². The van der Waals surface area contributed by atoms with Crippen LogP contribution in [0.4, 0.5) is 9.93 Å². The predicted molar refractivity (Wildman–Crippen MR) is 135 cm³/mol. The first-order valence-electron chi connectivity index (χ1n) is 10.5. The number of urea groups is 1. The molecule has 182 valence electrons. The molecule has 1 fully saturated rings. The summed E-state index contributed by atoms with van der Waals surface area (Å²) in [6, 6.07) is 8.66. The number of piperazine rings is 1. The molecule has 13 heteroatoms. The summed E-state index contributed by atoms with van der Waals surface area (Å²) in [5, 5.41) is 5.89. The number of likely N-dealkylation sites (N-methyl/N-ethyl adjacent to an activating group) is 1. The number of hydrogen-bond acceptors (Lipinski definition) is 8. The highest BCUT2D eigenvalue weighted by Crippen LogP contribution is 2.33. The van der Waals surface area contributed by atoms with Gasteiger partial charge in [0.05, 0.1) is 20.3 Å². The van der Waals surface area contributed by atoms with E-state index in [4.69, 9.17) is 27.4 Å². The van der Waals surface area contributed by atoms with Crippen LogP contribution in [0.5, 0.6) is 5.75 Å². The molecule has 34 heavy (non-hydrogen) atoms. The molecule has 2 heterocycles. The highest BCUT2D eigenvalue weighted by Gasteiger charge is 2.24. The zero-order chi connectivity index (χ0) is 24.3. The lowest BCUT2D eigenvalue weighted by Crippen LogP contribution is -2.47. The predicted octanol–water partition coefficient (Wildman–Crippen LogP) is 3.74. The van der Waals surface area contributed by atoms with Crippen molar-refractivity contribution >= 4 is 66.0 Å². The van der Waals surface area contributed by atoms with Gasteiger partial charge in [0.1, 0.15) is 10.6 Å². The first-order valence-corrected chi connectivity index (χ1v) is 13.4. The van der Waals surface area contributed by atoms with Gasteiger partial charge in [0.2, 0.25) is 0 Å². The average molecular weight is 544 g/mol. The van der Waals surface area contributed by atoms with Crippen molar-refractivity contribution in [2.45, 2.75) is 4.90 Å². The summed E-state index contributed by atoms with van der Waals surface area (Å²) < 4.78 is 31.3. The second-order valence-corrected chi connectivity index (χ2v) is 11.1. The molecule has 2 N–H and O–H groups in total. The van der Waals surface area contributed by atoms with E-state index in [2.05, 4.69) is 32.5 Å². The zero-order valence-electron chi connectivity index (χ0n) is 18.3. The van der Waals surface area contributed by atoms with Crippen molar-refractivity contribution < 1.29 is 17.4 Å². The Morgan fingerprint density at radius 1 is 1.15 bits per heavy atom. The number of halogens is 2. The molecule has 0 aliphatic carbocycles. The summed E-state index contributed by atoms with van der Waals surface area (Å²) >= 11 is 13.2. The number of carbonyl (C=O) groups is 1. The SMILES string of the molecule is CN1CCN(CCNC(=O)Nc2nc3ccc(OS(=O)(=O)c4c(Cl)cccc4Cl)cc3s2)CC1. The highest BCUT2D eigenvalue weighted by molar-refractivity contribution is 7.87. The van der Waals surface area contributed by atoms with Crippen LogP contribution in [0.1, 0.15) is 0 Å². The molecule has 2 amide bonds. The first-order chi connectivity index (χ1) is 16.2. The molecular weight excluding hydrogens is 521 g/mol. The van der Waals surface area contributed by atoms with Gasteiger partial charge in [-0.15, -0.1) is 0 Å². The van der Waals surface area contributed by atoms with Crippen molar-refractivity contribution in [2.75, 3.05) is 51.6 Å². The third-order valence-corrected chi connectivity index (χ3v) is 8.40. The number of thiazole rings is 1. The Labute approximate surface area is 211 Å². The second kappa shape index (κ2) is 10.6. The van der Waals surface area contributed by atoms with E-state index < -0.39 is 10.1 Å². The van der Waals surface area contributed by atoms with Crippen LogP contribution < -0.4 is 14.8 Å². The minimum atomic E-state index is -4.24. The number of anilines is 1. The van der Waals surface area contributed by atoms with Crippen LogP contribution in [0.2, 0.25) is 10.0 Å². The topological polar surface area (TPSA) is 104 Å². The third-order valence-electron chi connectivity index (χ3n) is 5.26. The van der Waals surface area contributed by atoms with E-state index in [1.807, 2.05) is 0 Å². The standard InChI is InChI=1S/C21H23Cl2N5O4S2/c1-27-9-11-28(12-10-27)8-7-24-20(29)26-21-25-17-6-5-14(13-18(17)33-21)32-34(30,31)19-15(22)3-2-4-16(19)23/h2-6,13H,7-12H2,1H3,(H2,24,25,26,29). The Hall–Kier alpha value is -2.15. The summed E-state index contributed by atoms with van der Waals surface area (Å²) in [7, 11) is -2.14. The Bertz CT molecular complexity index is 1270. The van der Waals surface area contributed by atoms with Crippen LogP contribution in [0.25, 0.3) is 10.2 Å². The summed E-state index contributed by atoms with van der Waals surface area (Å²) in [6.45, 7) is 5.33. The van der Waals surface area contributed by atoms with E-state index in [0.29, 0.717) is 21.9 Å². The number of nitrogens with zero attached hydrogens (tertiary/aromatic N) is 3. The van der Waals surface area contributed by atoms with Gasteiger partial charge >= 0.3 is 16.1 Å². The van der Waals surface area contributed by atoms with E-state index in [1.54, 1.807) is 12.1 Å². The van der Waals surface area contributed by atoms with Gasteiger partial charge in [-0.25, -0.2) is 9.78 Å². The summed E-state index contributed by atoms with van der Waals surface area (Å²) in [5.74, 6) is 0.0790. The lowest BCUT2D eigenvalue weighted by Gasteiger charge is -2.32. The van der Waals surface area contributed by atoms with Crippen LogP contribution in [0, 0.1) is 0 Å². The number of benzene rings is 2. The van der Waals surface area contributed by atoms with Crippen molar-refractivity contribution in [3.63, 3.8) is 0 Å². The van der Waals surface area contributed by atoms with Gasteiger partial charge in [-0.3, -0.25) is 10.2 Å². The molecule has 1 aliphatic heterocycles. The molecule has 1 saturated heterocycles. The molecule has 2 aromatic carbocycles. The summed E-state index contributed by atoms with van der Waals surface area (Å²) in [6.07, 6.45) is 0. The second-order valence-electron chi connectivity index (χ2n) is 7.76. The molecule has 0 radical (unpaired) electrons. The van der Waals surface area contributed by atoms with Crippen LogP contribution in [-0.2, 0) is 10.1 Å². The minimum absolute atomic E-state index is 0.0310. The Kier molecular flexibility index (Phi) is 7.80. The normalized spacial score (nSPS) is 15.4. The first kappa shape index (κ1) is 25.0. The van der Waals surface area contributed by atoms with E-state index in [1.165, 1.54) is 35.6 Å². The third kappa shape index (κ3) is 6.09. The summed E-state index contributed by atoms with van der Waals surface area (Å²) in [5.41, 5.74) is 0.596. The smallest absolute Gasteiger partial charge is 0.342 e. The number of hydrogen-bond donors (Lipinski definition) is 2. The van der Waals surface area contributed by atoms with Gasteiger partial charge in [-0.05, 0) is 31.3 Å². The molecule has 9 nitrogen and oxygen atoms in total. The molecule has 0 bridgehead atoms. The molecule has 0 saturated carbocycles. The molecular formula is C21H23Cl2N5O4S2. The van der Waals surface area contributed by atoms with Crippen LogP contribution in [0.3, 0.4) is 0 Å². The quantitative estimate of drug-likeness (QED) is 0.437. The van der Waals surface area contributed by atoms with E-state index >= 15 is 0 Å². The van der Waals surface area contributed by atoms with E-state index in [-0.39, 0.29) is 26.7 Å². The van der Waals surface area contributed by atoms with Crippen molar-refractivity contribution in [1.29, 1.82) is 0 Å². The number of rotatable bonds is 7. The van der Waals surface area contributed by atoms with Gasteiger partial charge in [0.15, 0.2) is 5.13 Å². The van der Waals surface area contributed by atoms with Crippen LogP contribution in [0.15, 0.2) is 41.3 Å². The number of nitrogens with one attached hydrogen (secondary N) is 2. The maximum Gasteiger partial charge on any atom is 0.342 e. The molecule has 0 unspecified atom stereocenters. The van der Waals surface area contributed by atoms with Gasteiger partial charge in [0, 0.05) is 45.3 Å². The Morgan fingerprint density at radius 2 is 1.85 bits per heavy atom. The monoisotopic (exact) mass is 543 g/mol. The minimum Gasteiger partial charge on any atom is -0.379 e. The van der Waals surface area contributed by atoms with Gasteiger partial charge in [0.25, 0.3) is 0 Å². The molecule has 3 aromatic rings. The number of fused-ring (bicyclic) bond motifs is 1. The van der Waals surface area contributed by atoms with Crippen molar-refractivity contribution in [2.24, 2.45) is 0 Å². The van der Waals surface area contributed by atoms with E-state index in [9.17, 15) is 13.2 Å². The van der Waals surface area contributed by atoms with Crippen molar-refractivity contribution in [3.05, 3.63) is 46.4 Å². The van der Waals surface area contributed by atoms with Gasteiger partial charge in [-0.1, -0.05) is 40.6 Å². The van der Waals surface area contributed by atoms with Crippen LogP contribution >= 0.6 is 34.5 Å². The molecule has 4 rings (SSSR count). The van der Waals surface area contributed by atoms with Gasteiger partial charge in [-0.2, -0.15) is 8.42 Å². The van der Waals surface area contributed by atoms with E-state index in [0.717, 1.165) is 32.7 Å². The number of amides is 2. The maximum atomic E-state index is 12.7. The Balaban J connectivity index is 1.37.